The predicted molar refractivity (Wildman–Crippen MR) is 156 cm³/mol. The smallest absolute Gasteiger partial charge is 0.317 e. The van der Waals surface area contributed by atoms with Crippen molar-refractivity contribution in [3.63, 3.8) is 0 Å². The Balaban J connectivity index is 1.84. The molecule has 0 aromatic heterocycles. The van der Waals surface area contributed by atoms with Crippen LogP contribution in [0.2, 0.25) is 0 Å². The summed E-state index contributed by atoms with van der Waals surface area (Å²) in [4.78, 5) is 25.0. The summed E-state index contributed by atoms with van der Waals surface area (Å²) < 4.78 is 5.13. The summed E-state index contributed by atoms with van der Waals surface area (Å²) in [6, 6.07) is 0. The summed E-state index contributed by atoms with van der Waals surface area (Å²) in [7, 11) is 0. The molecule has 0 radical (unpaired) electrons. The first-order chi connectivity index (χ1) is 17.6. The third kappa shape index (κ3) is 11.6. The number of carbonyl (C=O) groups is 2. The molecule has 5 unspecified atom stereocenters. The Morgan fingerprint density at radius 1 is 0.757 bits per heavy atom. The summed E-state index contributed by atoms with van der Waals surface area (Å²) in [6.45, 7) is 15.4. The first kappa shape index (κ1) is 31.3. The van der Waals surface area contributed by atoms with Crippen molar-refractivity contribution in [2.24, 2.45) is 29.6 Å². The second-order valence-electron chi connectivity index (χ2n) is 12.5. The third-order valence-electron chi connectivity index (χ3n) is 8.37. The van der Waals surface area contributed by atoms with Gasteiger partial charge in [0, 0.05) is 0 Å². The van der Waals surface area contributed by atoms with Gasteiger partial charge < -0.3 is 4.74 Å². The summed E-state index contributed by atoms with van der Waals surface area (Å²) in [5.74, 6) is 0.494. The molecule has 2 fully saturated rings. The van der Waals surface area contributed by atoms with Crippen LogP contribution in [-0.2, 0) is 14.3 Å². The van der Waals surface area contributed by atoms with E-state index in [4.69, 9.17) is 4.74 Å². The van der Waals surface area contributed by atoms with Crippen molar-refractivity contribution in [1.29, 1.82) is 0 Å². The van der Waals surface area contributed by atoms with Crippen molar-refractivity contribution >= 4 is 11.9 Å². The van der Waals surface area contributed by atoms with E-state index in [1.54, 1.807) is 0 Å². The average molecular weight is 511 g/mol. The number of carbonyl (C=O) groups excluding carboxylic acids is 2. The van der Waals surface area contributed by atoms with Gasteiger partial charge in [0.05, 0.1) is 11.8 Å². The molecule has 208 valence electrons. The monoisotopic (exact) mass is 510 g/mol. The molecule has 0 aromatic rings. The van der Waals surface area contributed by atoms with Crippen LogP contribution in [-0.4, -0.2) is 11.9 Å². The number of ether oxygens (including phenoxy) is 1. The maximum Gasteiger partial charge on any atom is 0.317 e. The summed E-state index contributed by atoms with van der Waals surface area (Å²) in [6.07, 6.45) is 22.4. The van der Waals surface area contributed by atoms with Gasteiger partial charge in [0.1, 0.15) is 0 Å². The van der Waals surface area contributed by atoms with Gasteiger partial charge in [-0.15, -0.1) is 0 Å². The van der Waals surface area contributed by atoms with Crippen LogP contribution in [0.5, 0.6) is 0 Å². The van der Waals surface area contributed by atoms with Crippen LogP contribution in [0.3, 0.4) is 0 Å². The Labute approximate surface area is 227 Å². The van der Waals surface area contributed by atoms with Gasteiger partial charge in [0.15, 0.2) is 0 Å². The van der Waals surface area contributed by atoms with Crippen molar-refractivity contribution < 1.29 is 14.3 Å². The molecule has 1 saturated heterocycles. The molecule has 0 N–H and O–H groups in total. The second-order valence-corrected chi connectivity index (χ2v) is 12.5. The van der Waals surface area contributed by atoms with E-state index in [9.17, 15) is 9.59 Å². The lowest BCUT2D eigenvalue weighted by Gasteiger charge is -2.35. The van der Waals surface area contributed by atoms with Crippen LogP contribution < -0.4 is 0 Å². The number of rotatable bonds is 15. The Kier molecular flexibility index (Phi) is 13.7. The highest BCUT2D eigenvalue weighted by atomic mass is 16.6. The molecule has 0 spiro atoms. The topological polar surface area (TPSA) is 43.4 Å². The maximum atomic E-state index is 12.5. The van der Waals surface area contributed by atoms with Gasteiger partial charge in [-0.2, -0.15) is 0 Å². The Bertz CT molecular complexity index is 863. The molecule has 3 heteroatoms. The molecule has 2 rings (SSSR count). The number of esters is 2. The van der Waals surface area contributed by atoms with E-state index in [1.165, 1.54) is 28.7 Å². The van der Waals surface area contributed by atoms with Crippen molar-refractivity contribution in [2.75, 3.05) is 0 Å². The van der Waals surface area contributed by atoms with Crippen molar-refractivity contribution in [1.82, 2.24) is 0 Å². The third-order valence-corrected chi connectivity index (χ3v) is 8.37. The van der Waals surface area contributed by atoms with Crippen LogP contribution >= 0.6 is 0 Å². The number of fused-ring (bicyclic) bond motifs is 1. The lowest BCUT2D eigenvalue weighted by molar-refractivity contribution is -0.154. The molecule has 5 atom stereocenters. The molecule has 1 saturated carbocycles. The molecule has 3 nitrogen and oxygen atoms in total. The fourth-order valence-electron chi connectivity index (χ4n) is 6.08. The minimum Gasteiger partial charge on any atom is -0.393 e. The highest BCUT2D eigenvalue weighted by Gasteiger charge is 2.51. The van der Waals surface area contributed by atoms with E-state index in [2.05, 4.69) is 72.8 Å². The zero-order valence-electron chi connectivity index (χ0n) is 24.9. The standard InChI is InChI=1S/C34H54O3/c1-24(2)12-8-14-26(5)16-10-17-28(7)20-21-30-22-29(23-31-32(30)34(36)37-33(31)35)19-11-18-27(6)15-9-13-25(3)4/h12-13,16,18,28-32H,8-11,14-15,17,19-23H2,1-7H3/b26-16+,27-18+. The quantitative estimate of drug-likeness (QED) is 0.125. The van der Waals surface area contributed by atoms with E-state index in [-0.39, 0.29) is 29.7 Å². The number of allylic oxidation sites excluding steroid dienone is 8. The fourth-order valence-corrected chi connectivity index (χ4v) is 6.08. The van der Waals surface area contributed by atoms with Crippen LogP contribution in [0, 0.1) is 29.6 Å². The normalized spacial score (nSPS) is 24.9. The van der Waals surface area contributed by atoms with Crippen molar-refractivity contribution in [3.8, 4) is 0 Å². The van der Waals surface area contributed by atoms with Crippen LogP contribution in [0.4, 0.5) is 0 Å². The Hall–Kier alpha value is -1.90. The largest absolute Gasteiger partial charge is 0.393 e. The van der Waals surface area contributed by atoms with Crippen LogP contribution in [0.15, 0.2) is 46.6 Å². The molecular weight excluding hydrogens is 456 g/mol. The van der Waals surface area contributed by atoms with Crippen LogP contribution in [0.1, 0.15) is 126 Å². The van der Waals surface area contributed by atoms with E-state index < -0.39 is 0 Å². The number of hydrogen-bond donors (Lipinski definition) is 0. The maximum absolute atomic E-state index is 12.5. The Morgan fingerprint density at radius 2 is 1.35 bits per heavy atom. The van der Waals surface area contributed by atoms with Gasteiger partial charge in [-0.3, -0.25) is 9.59 Å². The Morgan fingerprint density at radius 3 is 1.95 bits per heavy atom. The predicted octanol–water partition coefficient (Wildman–Crippen LogP) is 9.69. The lowest BCUT2D eigenvalue weighted by atomic mass is 9.66. The molecule has 0 aromatic carbocycles. The highest BCUT2D eigenvalue weighted by Crippen LogP contribution is 2.46. The van der Waals surface area contributed by atoms with E-state index in [0.717, 1.165) is 70.6 Å². The van der Waals surface area contributed by atoms with E-state index >= 15 is 0 Å². The van der Waals surface area contributed by atoms with Crippen LogP contribution in [0.25, 0.3) is 0 Å². The van der Waals surface area contributed by atoms with Gasteiger partial charge in [-0.1, -0.05) is 59.9 Å². The van der Waals surface area contributed by atoms with Gasteiger partial charge >= 0.3 is 11.9 Å². The molecule has 0 amide bonds. The SMILES string of the molecule is CC(C)=CCC/C(C)=C/CCC(C)CCC1CC(CC/C=C(\C)CCC=C(C)C)CC2C(=O)OC(=O)C12. The van der Waals surface area contributed by atoms with Gasteiger partial charge in [-0.25, -0.2) is 0 Å². The highest BCUT2D eigenvalue weighted by molar-refractivity contribution is 5.96. The summed E-state index contributed by atoms with van der Waals surface area (Å²) in [5, 5.41) is 0. The van der Waals surface area contributed by atoms with E-state index in [1.807, 2.05) is 0 Å². The molecule has 37 heavy (non-hydrogen) atoms. The number of hydrogen-bond acceptors (Lipinski definition) is 3. The zero-order valence-corrected chi connectivity index (χ0v) is 24.9. The molecule has 2 aliphatic rings. The van der Waals surface area contributed by atoms with Crippen molar-refractivity contribution in [2.45, 2.75) is 126 Å². The molecule has 1 aliphatic carbocycles. The fraction of sp³-hybridized carbons (Fsp3) is 0.706. The lowest BCUT2D eigenvalue weighted by Crippen LogP contribution is -2.35. The molecule has 0 bridgehead atoms. The minimum absolute atomic E-state index is 0.200. The molecular formula is C34H54O3. The molecule has 1 heterocycles. The second kappa shape index (κ2) is 16.1. The zero-order chi connectivity index (χ0) is 27.4. The minimum atomic E-state index is -0.264. The first-order valence-electron chi connectivity index (χ1n) is 14.9. The summed E-state index contributed by atoms with van der Waals surface area (Å²) >= 11 is 0. The number of cyclic esters (lactones) is 2. The molecule has 1 aliphatic heterocycles. The van der Waals surface area contributed by atoms with E-state index in [0.29, 0.717) is 11.8 Å². The average Bonchev–Trinajstić information content (AvgIpc) is 3.10. The van der Waals surface area contributed by atoms with Gasteiger partial charge in [-0.05, 0) is 130 Å². The van der Waals surface area contributed by atoms with Gasteiger partial charge in [0.2, 0.25) is 0 Å². The summed E-state index contributed by atoms with van der Waals surface area (Å²) in [5.41, 5.74) is 5.71. The van der Waals surface area contributed by atoms with Gasteiger partial charge in [0.25, 0.3) is 0 Å². The first-order valence-corrected chi connectivity index (χ1v) is 14.9. The van der Waals surface area contributed by atoms with Crippen molar-refractivity contribution in [3.05, 3.63) is 46.6 Å².